The Morgan fingerprint density at radius 2 is 1.96 bits per heavy atom. The summed E-state index contributed by atoms with van der Waals surface area (Å²) in [4.78, 5) is 25.1. The minimum Gasteiger partial charge on any atom is -0.492 e. The summed E-state index contributed by atoms with van der Waals surface area (Å²) in [5, 5.41) is 6.87. The number of halogens is 1. The van der Waals surface area contributed by atoms with Gasteiger partial charge in [-0.05, 0) is 30.3 Å². The topological polar surface area (TPSA) is 73.2 Å². The standard InChI is InChI=1S/C18H16ClN3O3S/c19-16-8-6-14(26-16)12-20-18(24)15-7-9-17(23)22(21-15)10-11-25-13-4-2-1-3-5-13/h1-9H,10-12H2,(H,20,24). The first kappa shape index (κ1) is 18.2. The van der Waals surface area contributed by atoms with Crippen LogP contribution in [0, 0.1) is 0 Å². The number of nitrogens with zero attached hydrogens (tertiary/aromatic N) is 2. The molecular weight excluding hydrogens is 374 g/mol. The SMILES string of the molecule is O=C(NCc1ccc(Cl)s1)c1ccc(=O)n(CCOc2ccccc2)n1. The molecule has 0 saturated carbocycles. The minimum atomic E-state index is -0.354. The third-order valence-corrected chi connectivity index (χ3v) is 4.70. The van der Waals surface area contributed by atoms with Crippen molar-refractivity contribution in [2.45, 2.75) is 13.1 Å². The fourth-order valence-electron chi connectivity index (χ4n) is 2.20. The van der Waals surface area contributed by atoms with Crippen molar-refractivity contribution >= 4 is 28.8 Å². The Morgan fingerprint density at radius 1 is 1.15 bits per heavy atom. The Labute approximate surface area is 159 Å². The number of thiophene rings is 1. The van der Waals surface area contributed by atoms with E-state index in [0.29, 0.717) is 16.6 Å². The molecule has 0 bridgehead atoms. The lowest BCUT2D eigenvalue weighted by molar-refractivity contribution is 0.0943. The first-order chi connectivity index (χ1) is 12.6. The highest BCUT2D eigenvalue weighted by molar-refractivity contribution is 7.16. The highest BCUT2D eigenvalue weighted by Gasteiger charge is 2.10. The van der Waals surface area contributed by atoms with Crippen LogP contribution in [0.4, 0.5) is 0 Å². The second-order valence-electron chi connectivity index (χ2n) is 5.33. The maximum Gasteiger partial charge on any atom is 0.272 e. The van der Waals surface area contributed by atoms with Gasteiger partial charge in [-0.15, -0.1) is 11.3 Å². The lowest BCUT2D eigenvalue weighted by atomic mass is 10.3. The summed E-state index contributed by atoms with van der Waals surface area (Å²) in [6.45, 7) is 0.874. The molecular formula is C18H16ClN3O3S. The van der Waals surface area contributed by atoms with Crippen molar-refractivity contribution in [1.29, 1.82) is 0 Å². The molecule has 0 aliphatic carbocycles. The van der Waals surface area contributed by atoms with Crippen LogP contribution in [0.2, 0.25) is 4.34 Å². The number of aromatic nitrogens is 2. The van der Waals surface area contributed by atoms with E-state index in [1.165, 1.54) is 28.2 Å². The van der Waals surface area contributed by atoms with Crippen molar-refractivity contribution in [3.05, 3.63) is 79.9 Å². The van der Waals surface area contributed by atoms with Gasteiger partial charge in [-0.25, -0.2) is 4.68 Å². The molecule has 134 valence electrons. The third kappa shape index (κ3) is 4.93. The maximum atomic E-state index is 12.2. The molecule has 0 aliphatic rings. The zero-order valence-electron chi connectivity index (χ0n) is 13.7. The molecule has 0 saturated heterocycles. The summed E-state index contributed by atoms with van der Waals surface area (Å²) in [5.74, 6) is 0.358. The van der Waals surface area contributed by atoms with Gasteiger partial charge in [0.1, 0.15) is 18.1 Å². The molecule has 0 radical (unpaired) electrons. The van der Waals surface area contributed by atoms with Crippen LogP contribution in [0.1, 0.15) is 15.4 Å². The van der Waals surface area contributed by atoms with Crippen molar-refractivity contribution in [1.82, 2.24) is 15.1 Å². The number of carbonyl (C=O) groups excluding carboxylic acids is 1. The molecule has 2 heterocycles. The van der Waals surface area contributed by atoms with E-state index in [0.717, 1.165) is 4.88 Å². The number of ether oxygens (including phenoxy) is 1. The normalized spacial score (nSPS) is 10.5. The van der Waals surface area contributed by atoms with E-state index in [9.17, 15) is 9.59 Å². The number of para-hydroxylation sites is 1. The first-order valence-corrected chi connectivity index (χ1v) is 9.10. The number of hydrogen-bond acceptors (Lipinski definition) is 5. The molecule has 3 aromatic rings. The van der Waals surface area contributed by atoms with E-state index in [1.807, 2.05) is 36.4 Å². The summed E-state index contributed by atoms with van der Waals surface area (Å²) < 4.78 is 7.45. The zero-order valence-corrected chi connectivity index (χ0v) is 15.3. The van der Waals surface area contributed by atoms with Gasteiger partial charge in [0.2, 0.25) is 0 Å². The van der Waals surface area contributed by atoms with Gasteiger partial charge in [-0.1, -0.05) is 29.8 Å². The van der Waals surface area contributed by atoms with Gasteiger partial charge < -0.3 is 10.1 Å². The minimum absolute atomic E-state index is 0.173. The summed E-state index contributed by atoms with van der Waals surface area (Å²) >= 11 is 7.27. The quantitative estimate of drug-likeness (QED) is 0.674. The number of carbonyl (C=O) groups is 1. The third-order valence-electron chi connectivity index (χ3n) is 3.47. The average Bonchev–Trinajstić information content (AvgIpc) is 3.07. The van der Waals surface area contributed by atoms with Crippen molar-refractivity contribution in [2.75, 3.05) is 6.61 Å². The van der Waals surface area contributed by atoms with Crippen molar-refractivity contribution in [3.8, 4) is 5.75 Å². The summed E-state index contributed by atoms with van der Waals surface area (Å²) in [7, 11) is 0. The van der Waals surface area contributed by atoms with E-state index in [2.05, 4.69) is 10.4 Å². The molecule has 6 nitrogen and oxygen atoms in total. The van der Waals surface area contributed by atoms with E-state index >= 15 is 0 Å². The highest BCUT2D eigenvalue weighted by atomic mass is 35.5. The summed E-state index contributed by atoms with van der Waals surface area (Å²) in [5.41, 5.74) is -0.116. The Hall–Kier alpha value is -2.64. The molecule has 2 aromatic heterocycles. The molecule has 0 fully saturated rings. The number of amides is 1. The Balaban J connectivity index is 1.59. The molecule has 0 aliphatic heterocycles. The van der Waals surface area contributed by atoms with Crippen LogP contribution in [-0.4, -0.2) is 22.3 Å². The largest absolute Gasteiger partial charge is 0.492 e. The molecule has 1 amide bonds. The second-order valence-corrected chi connectivity index (χ2v) is 7.13. The van der Waals surface area contributed by atoms with Gasteiger partial charge in [0.15, 0.2) is 0 Å². The molecule has 1 N–H and O–H groups in total. The predicted octanol–water partition coefficient (Wildman–Crippen LogP) is 2.97. The Kier molecular flexibility index (Phi) is 6.04. The van der Waals surface area contributed by atoms with Crippen molar-refractivity contribution < 1.29 is 9.53 Å². The van der Waals surface area contributed by atoms with Crippen LogP contribution >= 0.6 is 22.9 Å². The fourth-order valence-corrected chi connectivity index (χ4v) is 3.23. The fraction of sp³-hybridized carbons (Fsp3) is 0.167. The van der Waals surface area contributed by atoms with E-state index in [-0.39, 0.29) is 30.3 Å². The van der Waals surface area contributed by atoms with Gasteiger partial charge >= 0.3 is 0 Å². The first-order valence-electron chi connectivity index (χ1n) is 7.90. The molecule has 0 spiro atoms. The number of benzene rings is 1. The van der Waals surface area contributed by atoms with Crippen LogP contribution in [0.5, 0.6) is 5.75 Å². The molecule has 0 unspecified atom stereocenters. The maximum absolute atomic E-state index is 12.2. The van der Waals surface area contributed by atoms with E-state index in [4.69, 9.17) is 16.3 Å². The molecule has 3 rings (SSSR count). The second kappa shape index (κ2) is 8.64. The number of hydrogen-bond donors (Lipinski definition) is 1. The Bertz CT molecular complexity index is 940. The van der Waals surface area contributed by atoms with Crippen LogP contribution in [-0.2, 0) is 13.1 Å². The molecule has 8 heteroatoms. The highest BCUT2D eigenvalue weighted by Crippen LogP contribution is 2.21. The lowest BCUT2D eigenvalue weighted by Gasteiger charge is -2.09. The van der Waals surface area contributed by atoms with Crippen molar-refractivity contribution in [2.24, 2.45) is 0 Å². The average molecular weight is 390 g/mol. The summed E-state index contributed by atoms with van der Waals surface area (Å²) in [6.07, 6.45) is 0. The van der Waals surface area contributed by atoms with Crippen LogP contribution in [0.15, 0.2) is 59.4 Å². The molecule has 26 heavy (non-hydrogen) atoms. The zero-order chi connectivity index (χ0) is 18.4. The van der Waals surface area contributed by atoms with Gasteiger partial charge in [0.25, 0.3) is 11.5 Å². The van der Waals surface area contributed by atoms with Gasteiger partial charge in [0, 0.05) is 10.9 Å². The Morgan fingerprint density at radius 3 is 2.69 bits per heavy atom. The van der Waals surface area contributed by atoms with Crippen LogP contribution < -0.4 is 15.6 Å². The number of nitrogens with one attached hydrogen (secondary N) is 1. The van der Waals surface area contributed by atoms with Crippen LogP contribution in [0.25, 0.3) is 0 Å². The predicted molar refractivity (Wildman–Crippen MR) is 101 cm³/mol. The smallest absolute Gasteiger partial charge is 0.272 e. The lowest BCUT2D eigenvalue weighted by Crippen LogP contribution is -2.30. The van der Waals surface area contributed by atoms with Crippen LogP contribution in [0.3, 0.4) is 0 Å². The molecule has 1 aromatic carbocycles. The van der Waals surface area contributed by atoms with E-state index in [1.54, 1.807) is 6.07 Å². The number of rotatable bonds is 7. The molecule has 0 atom stereocenters. The van der Waals surface area contributed by atoms with Gasteiger partial charge in [0.05, 0.1) is 17.4 Å². The van der Waals surface area contributed by atoms with E-state index < -0.39 is 0 Å². The van der Waals surface area contributed by atoms with Gasteiger partial charge in [-0.3, -0.25) is 9.59 Å². The van der Waals surface area contributed by atoms with Gasteiger partial charge in [-0.2, -0.15) is 5.10 Å². The summed E-state index contributed by atoms with van der Waals surface area (Å²) in [6, 6.07) is 15.7. The monoisotopic (exact) mass is 389 g/mol. The van der Waals surface area contributed by atoms with Crippen molar-refractivity contribution in [3.63, 3.8) is 0 Å².